The first-order valence-electron chi connectivity index (χ1n) is 10.6. The molecular weight excluding hydrogens is 418 g/mol. The molecule has 2 amide bonds. The standard InChI is InChI=1S/C22H27N3O3S2/c1-28-16-8-9-19-15(11-16)12-29-21(19)30(23,27)25-22(26)24-20-17-6-2-4-13(17)10-14-5-3-7-18(14)20/h10,12,16H,2-9,11H2,1H3,(H3,23,24,25,26,27)/t16-,30?/m1/s1. The molecule has 0 bridgehead atoms. The number of benzene rings is 1. The van der Waals surface area contributed by atoms with Gasteiger partial charge in [0.1, 0.15) is 4.21 Å². The maximum absolute atomic E-state index is 13.3. The molecule has 30 heavy (non-hydrogen) atoms. The number of aryl methyl sites for hydroxylation is 2. The van der Waals surface area contributed by atoms with Crippen molar-refractivity contribution in [2.24, 2.45) is 9.50 Å². The summed E-state index contributed by atoms with van der Waals surface area (Å²) in [4.78, 5) is 12.8. The molecule has 2 aromatic rings. The SMILES string of the molecule is CO[C@@H]1CCc2c(csc2S(N)(=O)=NC(=O)Nc2c3c(cc4c2CCC4)CCC3)C1. The van der Waals surface area contributed by atoms with E-state index in [9.17, 15) is 9.00 Å². The van der Waals surface area contributed by atoms with Crippen molar-refractivity contribution in [1.82, 2.24) is 0 Å². The Balaban J connectivity index is 1.45. The van der Waals surface area contributed by atoms with Crippen LogP contribution in [-0.2, 0) is 53.2 Å². The zero-order chi connectivity index (χ0) is 20.9. The number of urea groups is 1. The molecule has 0 aliphatic heterocycles. The van der Waals surface area contributed by atoms with Gasteiger partial charge >= 0.3 is 6.03 Å². The van der Waals surface area contributed by atoms with Crippen LogP contribution in [0.2, 0.25) is 0 Å². The van der Waals surface area contributed by atoms with Crippen LogP contribution < -0.4 is 10.5 Å². The van der Waals surface area contributed by atoms with Crippen molar-refractivity contribution in [3.05, 3.63) is 44.8 Å². The quantitative estimate of drug-likeness (QED) is 0.743. The minimum Gasteiger partial charge on any atom is -0.381 e. The van der Waals surface area contributed by atoms with Gasteiger partial charge in [0.15, 0.2) is 9.92 Å². The van der Waals surface area contributed by atoms with Crippen LogP contribution in [0, 0.1) is 0 Å². The number of nitrogens with one attached hydrogen (secondary N) is 1. The molecule has 5 rings (SSSR count). The average molecular weight is 446 g/mol. The molecule has 0 spiro atoms. The maximum atomic E-state index is 13.3. The third-order valence-electron chi connectivity index (χ3n) is 6.63. The second kappa shape index (κ2) is 7.75. The fraction of sp³-hybridized carbons (Fsp3) is 0.500. The molecule has 1 aromatic carbocycles. The molecule has 3 aliphatic carbocycles. The smallest absolute Gasteiger partial charge is 0.354 e. The number of rotatable bonds is 3. The first kappa shape index (κ1) is 20.2. The number of amides is 2. The van der Waals surface area contributed by atoms with Gasteiger partial charge in [0.05, 0.1) is 6.10 Å². The van der Waals surface area contributed by atoms with Gasteiger partial charge in [0, 0.05) is 12.8 Å². The Kier molecular flexibility index (Phi) is 5.21. The van der Waals surface area contributed by atoms with Gasteiger partial charge in [-0.3, -0.25) is 0 Å². The van der Waals surface area contributed by atoms with Gasteiger partial charge in [-0.15, -0.1) is 15.7 Å². The van der Waals surface area contributed by atoms with Crippen LogP contribution in [0.1, 0.15) is 52.6 Å². The first-order chi connectivity index (χ1) is 14.5. The first-order valence-corrected chi connectivity index (χ1v) is 13.1. The highest BCUT2D eigenvalue weighted by Gasteiger charge is 2.28. The number of methoxy groups -OCH3 is 1. The summed E-state index contributed by atoms with van der Waals surface area (Å²) in [5, 5.41) is 11.1. The van der Waals surface area contributed by atoms with Crippen LogP contribution in [0.3, 0.4) is 0 Å². The van der Waals surface area contributed by atoms with Crippen LogP contribution in [0.4, 0.5) is 10.5 Å². The van der Waals surface area contributed by atoms with Crippen LogP contribution in [0.15, 0.2) is 20.0 Å². The maximum Gasteiger partial charge on any atom is 0.354 e. The van der Waals surface area contributed by atoms with E-state index < -0.39 is 15.9 Å². The van der Waals surface area contributed by atoms with Crippen molar-refractivity contribution in [1.29, 1.82) is 0 Å². The third kappa shape index (κ3) is 3.49. The van der Waals surface area contributed by atoms with Crippen molar-refractivity contribution < 1.29 is 13.7 Å². The van der Waals surface area contributed by atoms with Crippen LogP contribution in [0.25, 0.3) is 0 Å². The molecule has 1 aromatic heterocycles. The summed E-state index contributed by atoms with van der Waals surface area (Å²) in [7, 11) is -1.58. The van der Waals surface area contributed by atoms with Crippen LogP contribution >= 0.6 is 11.3 Å². The number of hydrogen-bond donors (Lipinski definition) is 2. The molecule has 8 heteroatoms. The Morgan fingerprint density at radius 2 is 1.83 bits per heavy atom. The zero-order valence-corrected chi connectivity index (χ0v) is 18.8. The van der Waals surface area contributed by atoms with Crippen LogP contribution in [0.5, 0.6) is 0 Å². The molecule has 3 N–H and O–H groups in total. The van der Waals surface area contributed by atoms with E-state index in [1.54, 1.807) is 7.11 Å². The van der Waals surface area contributed by atoms with Gasteiger partial charge in [-0.25, -0.2) is 14.1 Å². The lowest BCUT2D eigenvalue weighted by Gasteiger charge is -2.21. The second-order valence-corrected chi connectivity index (χ2v) is 11.3. The van der Waals surface area contributed by atoms with Gasteiger partial charge in [-0.2, -0.15) is 0 Å². The molecule has 0 saturated heterocycles. The van der Waals surface area contributed by atoms with Gasteiger partial charge in [-0.1, -0.05) is 6.07 Å². The Bertz CT molecular complexity index is 1110. The highest BCUT2D eigenvalue weighted by Crippen LogP contribution is 2.39. The summed E-state index contributed by atoms with van der Waals surface area (Å²) in [6, 6.07) is 1.71. The summed E-state index contributed by atoms with van der Waals surface area (Å²) in [6.45, 7) is 0. The minimum atomic E-state index is -3.29. The van der Waals surface area contributed by atoms with Crippen LogP contribution in [-0.4, -0.2) is 23.5 Å². The van der Waals surface area contributed by atoms with Gasteiger partial charge in [-0.05, 0) is 96.5 Å². The molecule has 3 aliphatic rings. The number of hydrogen-bond acceptors (Lipinski definition) is 4. The number of thiophene rings is 1. The molecule has 1 unspecified atom stereocenters. The fourth-order valence-electron chi connectivity index (χ4n) is 5.19. The summed E-state index contributed by atoms with van der Waals surface area (Å²) >= 11 is 1.34. The van der Waals surface area contributed by atoms with E-state index >= 15 is 0 Å². The topological polar surface area (TPSA) is 93.8 Å². The molecule has 0 radical (unpaired) electrons. The van der Waals surface area contributed by atoms with Gasteiger partial charge in [0.25, 0.3) is 0 Å². The van der Waals surface area contributed by atoms with E-state index in [2.05, 4.69) is 15.7 Å². The Labute approximate surface area is 181 Å². The summed E-state index contributed by atoms with van der Waals surface area (Å²) < 4.78 is 23.2. The predicted octanol–water partition coefficient (Wildman–Crippen LogP) is 4.16. The van der Waals surface area contributed by atoms with Gasteiger partial charge < -0.3 is 10.1 Å². The molecule has 0 fully saturated rings. The van der Waals surface area contributed by atoms with Crippen molar-refractivity contribution >= 4 is 33.0 Å². The lowest BCUT2D eigenvalue weighted by molar-refractivity contribution is 0.0910. The molecule has 160 valence electrons. The van der Waals surface area contributed by atoms with E-state index in [-0.39, 0.29) is 6.10 Å². The van der Waals surface area contributed by atoms with Gasteiger partial charge in [0.2, 0.25) is 0 Å². The van der Waals surface area contributed by atoms with E-state index in [4.69, 9.17) is 9.88 Å². The number of nitrogens with two attached hydrogens (primary N) is 1. The average Bonchev–Trinajstić information content (AvgIpc) is 3.45. The number of nitrogens with zero attached hydrogens (tertiary/aromatic N) is 1. The van der Waals surface area contributed by atoms with Crippen molar-refractivity contribution in [3.8, 4) is 0 Å². The normalized spacial score (nSPS) is 21.5. The second-order valence-electron chi connectivity index (χ2n) is 8.45. The monoisotopic (exact) mass is 445 g/mol. The van der Waals surface area contributed by atoms with Crippen molar-refractivity contribution in [2.75, 3.05) is 12.4 Å². The third-order valence-corrected chi connectivity index (χ3v) is 9.71. The molecule has 0 saturated carbocycles. The lowest BCUT2D eigenvalue weighted by Crippen LogP contribution is -2.23. The summed E-state index contributed by atoms with van der Waals surface area (Å²) in [5.74, 6) is 0. The minimum absolute atomic E-state index is 0.177. The number of fused-ring (bicyclic) bond motifs is 3. The molecule has 6 nitrogen and oxygen atoms in total. The summed E-state index contributed by atoms with van der Waals surface area (Å²) in [6.07, 6.45) is 8.83. The molecular formula is C22H27N3O3S2. The Morgan fingerprint density at radius 3 is 2.50 bits per heavy atom. The summed E-state index contributed by atoms with van der Waals surface area (Å²) in [5.41, 5.74) is 8.11. The van der Waals surface area contributed by atoms with E-state index in [1.807, 2.05) is 5.38 Å². The predicted molar refractivity (Wildman–Crippen MR) is 120 cm³/mol. The Morgan fingerprint density at radius 1 is 1.13 bits per heavy atom. The highest BCUT2D eigenvalue weighted by atomic mass is 32.2. The Hall–Kier alpha value is -1.74. The van der Waals surface area contributed by atoms with Crippen molar-refractivity contribution in [2.45, 2.75) is 68.1 Å². The highest BCUT2D eigenvalue weighted by molar-refractivity contribution is 7.93. The number of anilines is 1. The number of ether oxygens (including phenoxy) is 1. The van der Waals surface area contributed by atoms with E-state index in [0.717, 1.165) is 74.6 Å². The fourth-order valence-corrected chi connectivity index (χ4v) is 7.82. The van der Waals surface area contributed by atoms with E-state index in [1.165, 1.54) is 33.6 Å². The lowest BCUT2D eigenvalue weighted by atomic mass is 9.93. The largest absolute Gasteiger partial charge is 0.381 e. The number of carbonyl (C=O) groups excluding carboxylic acids is 1. The molecule has 2 atom stereocenters. The van der Waals surface area contributed by atoms with Crippen molar-refractivity contribution in [3.63, 3.8) is 0 Å². The molecule has 1 heterocycles. The zero-order valence-electron chi connectivity index (χ0n) is 17.2. The van der Waals surface area contributed by atoms with E-state index in [0.29, 0.717) is 4.21 Å². The number of carbonyl (C=O) groups is 1.